The Morgan fingerprint density at radius 1 is 1.11 bits per heavy atom. The maximum absolute atomic E-state index is 13.2. The smallest absolute Gasteiger partial charge is 0.255 e. The van der Waals surface area contributed by atoms with E-state index in [2.05, 4.69) is 21.2 Å². The molecule has 1 aliphatic carbocycles. The molecule has 0 aliphatic heterocycles. The van der Waals surface area contributed by atoms with Crippen LogP contribution in [0.4, 0.5) is 5.00 Å². The second kappa shape index (κ2) is 11.1. The lowest BCUT2D eigenvalue weighted by atomic mass is 9.95. The molecule has 1 aliphatic rings. The van der Waals surface area contributed by atoms with Crippen molar-refractivity contribution in [2.24, 2.45) is 4.99 Å². The highest BCUT2D eigenvalue weighted by atomic mass is 79.9. The maximum Gasteiger partial charge on any atom is 0.255 e. The van der Waals surface area contributed by atoms with Crippen LogP contribution in [0.15, 0.2) is 80.8 Å². The van der Waals surface area contributed by atoms with Gasteiger partial charge >= 0.3 is 0 Å². The van der Waals surface area contributed by atoms with Gasteiger partial charge in [-0.05, 0) is 67.1 Å². The standard InChI is InChI=1S/C28H25BrN2O3S/c29-21-12-13-24(34-18-19-7-2-1-3-8-19)20(15-21)16-31-28-26(23-10-4-5-11-25(23)35-28)27(32)30-17-22-9-6-14-33-22/h1-3,6-9,12-16H,4-5,10-11,17-18H2,(H,30,32). The van der Waals surface area contributed by atoms with Crippen LogP contribution >= 0.6 is 27.3 Å². The number of carbonyl (C=O) groups excluding carboxylic acids is 1. The van der Waals surface area contributed by atoms with Gasteiger partial charge in [0.05, 0.1) is 18.4 Å². The highest BCUT2D eigenvalue weighted by Crippen LogP contribution is 2.40. The Morgan fingerprint density at radius 2 is 1.97 bits per heavy atom. The molecule has 0 saturated heterocycles. The van der Waals surface area contributed by atoms with E-state index >= 15 is 0 Å². The fraction of sp³-hybridized carbons (Fsp3) is 0.214. The van der Waals surface area contributed by atoms with Crippen LogP contribution in [-0.4, -0.2) is 12.1 Å². The first kappa shape index (κ1) is 23.6. The van der Waals surface area contributed by atoms with Crippen LogP contribution in [0, 0.1) is 0 Å². The van der Waals surface area contributed by atoms with E-state index in [1.807, 2.05) is 60.7 Å². The van der Waals surface area contributed by atoms with Crippen molar-refractivity contribution in [3.8, 4) is 5.75 Å². The van der Waals surface area contributed by atoms with Gasteiger partial charge in [0.1, 0.15) is 23.1 Å². The van der Waals surface area contributed by atoms with Crippen molar-refractivity contribution < 1.29 is 13.9 Å². The minimum atomic E-state index is -0.109. The number of rotatable bonds is 8. The summed E-state index contributed by atoms with van der Waals surface area (Å²) in [6, 6.07) is 19.6. The summed E-state index contributed by atoms with van der Waals surface area (Å²) in [5, 5.41) is 3.74. The molecule has 5 rings (SSSR count). The number of benzene rings is 2. The molecule has 7 heteroatoms. The molecule has 0 saturated carbocycles. The number of carbonyl (C=O) groups is 1. The van der Waals surface area contributed by atoms with Crippen LogP contribution < -0.4 is 10.1 Å². The molecule has 1 N–H and O–H groups in total. The Balaban J connectivity index is 1.41. The summed E-state index contributed by atoms with van der Waals surface area (Å²) in [5.74, 6) is 1.36. The highest BCUT2D eigenvalue weighted by Gasteiger charge is 2.25. The number of thiophene rings is 1. The SMILES string of the molecule is O=C(NCc1ccco1)c1c(N=Cc2cc(Br)ccc2OCc2ccccc2)sc2c1CCCC2. The van der Waals surface area contributed by atoms with Gasteiger partial charge in [0.25, 0.3) is 5.91 Å². The van der Waals surface area contributed by atoms with E-state index in [1.54, 1.807) is 23.8 Å². The summed E-state index contributed by atoms with van der Waals surface area (Å²) in [6.45, 7) is 0.819. The molecule has 35 heavy (non-hydrogen) atoms. The third-order valence-corrected chi connectivity index (χ3v) is 7.61. The lowest BCUT2D eigenvalue weighted by Gasteiger charge is -2.12. The zero-order valence-corrected chi connectivity index (χ0v) is 21.5. The van der Waals surface area contributed by atoms with Crippen LogP contribution in [0.25, 0.3) is 0 Å². The van der Waals surface area contributed by atoms with Crippen molar-refractivity contribution in [3.05, 3.63) is 104 Å². The van der Waals surface area contributed by atoms with Gasteiger partial charge in [-0.15, -0.1) is 11.3 Å². The molecule has 0 atom stereocenters. The quantitative estimate of drug-likeness (QED) is 0.236. The van der Waals surface area contributed by atoms with Crippen molar-refractivity contribution in [2.45, 2.75) is 38.8 Å². The number of halogens is 1. The number of aryl methyl sites for hydroxylation is 1. The van der Waals surface area contributed by atoms with Gasteiger partial charge in [-0.3, -0.25) is 4.79 Å². The summed E-state index contributed by atoms with van der Waals surface area (Å²) in [6.07, 6.45) is 7.55. The Hall–Kier alpha value is -3.16. The van der Waals surface area contributed by atoms with Crippen molar-refractivity contribution in [1.82, 2.24) is 5.32 Å². The van der Waals surface area contributed by atoms with Crippen LogP contribution in [-0.2, 0) is 26.0 Å². The van der Waals surface area contributed by atoms with E-state index in [4.69, 9.17) is 14.1 Å². The van der Waals surface area contributed by atoms with Gasteiger partial charge in [0.2, 0.25) is 0 Å². The van der Waals surface area contributed by atoms with Crippen LogP contribution in [0.3, 0.4) is 0 Å². The van der Waals surface area contributed by atoms with Crippen molar-refractivity contribution in [3.63, 3.8) is 0 Å². The van der Waals surface area contributed by atoms with Crippen LogP contribution in [0.5, 0.6) is 5.75 Å². The molecule has 0 spiro atoms. The zero-order chi connectivity index (χ0) is 24.0. The van der Waals surface area contributed by atoms with Crippen molar-refractivity contribution >= 4 is 44.4 Å². The van der Waals surface area contributed by atoms with Crippen LogP contribution in [0.1, 0.15) is 50.5 Å². The Kier molecular flexibility index (Phi) is 7.45. The first-order chi connectivity index (χ1) is 17.2. The van der Waals surface area contributed by atoms with Gasteiger partial charge in [0, 0.05) is 21.1 Å². The number of aliphatic imine (C=N–C) groups is 1. The number of hydrogen-bond acceptors (Lipinski definition) is 5. The second-order valence-electron chi connectivity index (χ2n) is 8.37. The average Bonchev–Trinajstić information content (AvgIpc) is 3.54. The average molecular weight is 549 g/mol. The number of amides is 1. The van der Waals surface area contributed by atoms with E-state index in [-0.39, 0.29) is 5.91 Å². The van der Waals surface area contributed by atoms with E-state index < -0.39 is 0 Å². The van der Waals surface area contributed by atoms with Crippen molar-refractivity contribution in [2.75, 3.05) is 0 Å². The molecule has 0 unspecified atom stereocenters. The molecule has 2 aromatic heterocycles. The summed E-state index contributed by atoms with van der Waals surface area (Å²) in [4.78, 5) is 19.3. The second-order valence-corrected chi connectivity index (χ2v) is 10.4. The predicted octanol–water partition coefficient (Wildman–Crippen LogP) is 7.24. The van der Waals surface area contributed by atoms with Gasteiger partial charge in [-0.2, -0.15) is 0 Å². The molecular formula is C28H25BrN2O3S. The van der Waals surface area contributed by atoms with Gasteiger partial charge in [-0.1, -0.05) is 46.3 Å². The largest absolute Gasteiger partial charge is 0.488 e. The summed E-state index contributed by atoms with van der Waals surface area (Å²) < 4.78 is 12.4. The number of furan rings is 1. The van der Waals surface area contributed by atoms with Crippen LogP contribution in [0.2, 0.25) is 0 Å². The molecule has 1 amide bonds. The molecule has 178 valence electrons. The van der Waals surface area contributed by atoms with E-state index in [9.17, 15) is 4.79 Å². The number of nitrogens with zero attached hydrogens (tertiary/aromatic N) is 1. The number of hydrogen-bond donors (Lipinski definition) is 1. The predicted molar refractivity (Wildman–Crippen MR) is 143 cm³/mol. The monoisotopic (exact) mass is 548 g/mol. The lowest BCUT2D eigenvalue weighted by Crippen LogP contribution is -2.23. The molecule has 0 radical (unpaired) electrons. The minimum Gasteiger partial charge on any atom is -0.488 e. The Bertz CT molecular complexity index is 1330. The normalized spacial score (nSPS) is 13.1. The van der Waals surface area contributed by atoms with E-state index in [0.717, 1.165) is 63.4 Å². The molecule has 0 bridgehead atoms. The third kappa shape index (κ3) is 5.74. The summed E-state index contributed by atoms with van der Waals surface area (Å²) >= 11 is 5.17. The molecule has 2 heterocycles. The first-order valence-electron chi connectivity index (χ1n) is 11.6. The molecule has 5 nitrogen and oxygen atoms in total. The third-order valence-electron chi connectivity index (χ3n) is 5.91. The highest BCUT2D eigenvalue weighted by molar-refractivity contribution is 9.10. The molecule has 2 aromatic carbocycles. The number of nitrogens with one attached hydrogen (secondary N) is 1. The first-order valence-corrected chi connectivity index (χ1v) is 13.2. The molecular weight excluding hydrogens is 524 g/mol. The molecule has 4 aromatic rings. The fourth-order valence-electron chi connectivity index (χ4n) is 4.16. The molecule has 0 fully saturated rings. The fourth-order valence-corrected chi connectivity index (χ4v) is 5.77. The Morgan fingerprint density at radius 3 is 2.80 bits per heavy atom. The topological polar surface area (TPSA) is 63.8 Å². The minimum absolute atomic E-state index is 0.109. The lowest BCUT2D eigenvalue weighted by molar-refractivity contribution is 0.0948. The van der Waals surface area contributed by atoms with E-state index in [1.165, 1.54) is 4.88 Å². The van der Waals surface area contributed by atoms with Crippen molar-refractivity contribution in [1.29, 1.82) is 0 Å². The number of ether oxygens (including phenoxy) is 1. The van der Waals surface area contributed by atoms with E-state index in [0.29, 0.717) is 18.7 Å². The summed E-state index contributed by atoms with van der Waals surface area (Å²) in [7, 11) is 0. The summed E-state index contributed by atoms with van der Waals surface area (Å²) in [5.41, 5.74) is 3.78. The van der Waals surface area contributed by atoms with Gasteiger partial charge < -0.3 is 14.5 Å². The Labute approximate surface area is 217 Å². The van der Waals surface area contributed by atoms with Gasteiger partial charge in [0.15, 0.2) is 0 Å². The van der Waals surface area contributed by atoms with Gasteiger partial charge in [-0.25, -0.2) is 4.99 Å². The number of fused-ring (bicyclic) bond motifs is 1. The zero-order valence-electron chi connectivity index (χ0n) is 19.1. The maximum atomic E-state index is 13.2.